The van der Waals surface area contributed by atoms with Gasteiger partial charge in [-0.25, -0.2) is 0 Å². The third-order valence-corrected chi connectivity index (χ3v) is 3.50. The number of nitrogens with zero attached hydrogens (tertiary/aromatic N) is 1. The normalized spacial score (nSPS) is 17.9. The first-order valence-electron chi connectivity index (χ1n) is 5.85. The topological polar surface area (TPSA) is 87.0 Å². The summed E-state index contributed by atoms with van der Waals surface area (Å²) in [6, 6.07) is 3.81. The number of aliphatic hydroxyl groups is 1. The molecule has 90 valence electrons. The molecule has 1 aromatic heterocycles. The minimum absolute atomic E-state index is 0.546. The molecule has 0 spiro atoms. The summed E-state index contributed by atoms with van der Waals surface area (Å²) >= 11 is 0. The number of rotatable bonds is 3. The number of nitrogens with two attached hydrogens (primary N) is 1. The Morgan fingerprint density at radius 1 is 1.47 bits per heavy atom. The predicted octanol–water partition coefficient (Wildman–Crippen LogP) is 1.47. The van der Waals surface area contributed by atoms with E-state index in [-0.39, 0.29) is 0 Å². The monoisotopic (exact) mass is 232 g/mol. The lowest BCUT2D eigenvalue weighted by molar-refractivity contribution is -0.0201. The van der Waals surface area contributed by atoms with Crippen LogP contribution in [-0.2, 0) is 0 Å². The molecule has 0 amide bonds. The second-order valence-electron chi connectivity index (χ2n) is 4.83. The molecule has 0 aliphatic heterocycles. The van der Waals surface area contributed by atoms with Gasteiger partial charge < -0.3 is 16.2 Å². The molecule has 0 bridgehead atoms. The number of benzene rings is 1. The van der Waals surface area contributed by atoms with Crippen molar-refractivity contribution in [2.45, 2.75) is 24.9 Å². The first-order chi connectivity index (χ1) is 8.16. The first kappa shape index (κ1) is 10.4. The molecule has 17 heavy (non-hydrogen) atoms. The molecular weight excluding hydrogens is 216 g/mol. The Morgan fingerprint density at radius 3 is 3.00 bits per heavy atom. The van der Waals surface area contributed by atoms with Crippen LogP contribution >= 0.6 is 0 Å². The zero-order valence-electron chi connectivity index (χ0n) is 9.53. The molecule has 1 aliphatic rings. The maximum absolute atomic E-state index is 10.0. The van der Waals surface area contributed by atoms with Crippen LogP contribution in [0.1, 0.15) is 19.3 Å². The van der Waals surface area contributed by atoms with Crippen molar-refractivity contribution in [3.63, 3.8) is 0 Å². The summed E-state index contributed by atoms with van der Waals surface area (Å²) in [5, 5.41) is 21.1. The van der Waals surface area contributed by atoms with Gasteiger partial charge in [0.15, 0.2) is 0 Å². The molecule has 2 aromatic rings. The van der Waals surface area contributed by atoms with Crippen LogP contribution in [0.3, 0.4) is 0 Å². The van der Waals surface area contributed by atoms with Gasteiger partial charge in [0, 0.05) is 11.9 Å². The van der Waals surface area contributed by atoms with E-state index in [1.54, 1.807) is 6.20 Å². The molecule has 5 heteroatoms. The molecule has 0 atom stereocenters. The van der Waals surface area contributed by atoms with Crippen molar-refractivity contribution in [3.05, 3.63) is 18.3 Å². The fourth-order valence-corrected chi connectivity index (χ4v) is 2.18. The number of aromatic nitrogens is 2. The lowest BCUT2D eigenvalue weighted by Gasteiger charge is -2.37. The van der Waals surface area contributed by atoms with Crippen molar-refractivity contribution < 1.29 is 5.11 Å². The highest BCUT2D eigenvalue weighted by molar-refractivity contribution is 5.88. The maximum atomic E-state index is 10.0. The van der Waals surface area contributed by atoms with Crippen molar-refractivity contribution in [2.75, 3.05) is 17.6 Å². The Morgan fingerprint density at radius 2 is 2.29 bits per heavy atom. The highest BCUT2D eigenvalue weighted by Crippen LogP contribution is 2.32. The van der Waals surface area contributed by atoms with Gasteiger partial charge in [0.2, 0.25) is 0 Å². The van der Waals surface area contributed by atoms with Gasteiger partial charge in [0.05, 0.1) is 28.7 Å². The highest BCUT2D eigenvalue weighted by atomic mass is 16.3. The summed E-state index contributed by atoms with van der Waals surface area (Å²) in [5.41, 5.74) is 7.88. The van der Waals surface area contributed by atoms with E-state index in [4.69, 9.17) is 5.73 Å². The predicted molar refractivity (Wildman–Crippen MR) is 67.8 cm³/mol. The summed E-state index contributed by atoms with van der Waals surface area (Å²) in [4.78, 5) is 0. The minimum atomic E-state index is -0.546. The molecular formula is C12H16N4O. The van der Waals surface area contributed by atoms with E-state index in [9.17, 15) is 5.11 Å². The van der Waals surface area contributed by atoms with Gasteiger partial charge in [-0.1, -0.05) is 0 Å². The molecule has 0 unspecified atom stereocenters. The summed E-state index contributed by atoms with van der Waals surface area (Å²) in [7, 11) is 0. The van der Waals surface area contributed by atoms with Crippen molar-refractivity contribution >= 4 is 22.3 Å². The Bertz CT molecular complexity index is 544. The van der Waals surface area contributed by atoms with Crippen molar-refractivity contribution in [1.82, 2.24) is 10.2 Å². The highest BCUT2D eigenvalue weighted by Gasteiger charge is 2.34. The molecule has 1 fully saturated rings. The zero-order chi connectivity index (χ0) is 11.9. The average Bonchev–Trinajstić information content (AvgIpc) is 2.70. The second-order valence-corrected chi connectivity index (χ2v) is 4.83. The lowest BCUT2D eigenvalue weighted by atomic mass is 9.80. The van der Waals surface area contributed by atoms with E-state index in [0.717, 1.165) is 35.9 Å². The average molecular weight is 232 g/mol. The molecule has 0 radical (unpaired) electrons. The number of hydrogen-bond donors (Lipinski definition) is 4. The molecule has 5 N–H and O–H groups in total. The van der Waals surface area contributed by atoms with Gasteiger partial charge in [-0.3, -0.25) is 5.10 Å². The first-order valence-corrected chi connectivity index (χ1v) is 5.85. The van der Waals surface area contributed by atoms with Gasteiger partial charge in [0.1, 0.15) is 0 Å². The fraction of sp³-hybridized carbons (Fsp3) is 0.417. The summed E-state index contributed by atoms with van der Waals surface area (Å²) < 4.78 is 0. The summed E-state index contributed by atoms with van der Waals surface area (Å²) in [6.07, 6.45) is 4.58. The number of anilines is 2. The van der Waals surface area contributed by atoms with Crippen LogP contribution in [0.5, 0.6) is 0 Å². The van der Waals surface area contributed by atoms with E-state index in [1.165, 1.54) is 0 Å². The van der Waals surface area contributed by atoms with E-state index in [2.05, 4.69) is 15.5 Å². The molecule has 1 heterocycles. The summed E-state index contributed by atoms with van der Waals surface area (Å²) in [6.45, 7) is 0.552. The van der Waals surface area contributed by atoms with Crippen LogP contribution in [-0.4, -0.2) is 27.4 Å². The molecule has 1 saturated carbocycles. The molecule has 3 rings (SSSR count). The van der Waals surface area contributed by atoms with E-state index < -0.39 is 5.60 Å². The second kappa shape index (κ2) is 3.63. The Kier molecular flexibility index (Phi) is 2.22. The smallest absolute Gasteiger partial charge is 0.0819 e. The zero-order valence-corrected chi connectivity index (χ0v) is 9.53. The molecule has 1 aromatic carbocycles. The van der Waals surface area contributed by atoms with Crippen LogP contribution in [0, 0.1) is 0 Å². The van der Waals surface area contributed by atoms with Crippen molar-refractivity contribution in [1.29, 1.82) is 0 Å². The number of aromatic amines is 1. The third kappa shape index (κ3) is 1.82. The number of nitrogens with one attached hydrogen (secondary N) is 2. The number of H-pyrrole nitrogens is 1. The van der Waals surface area contributed by atoms with Crippen LogP contribution in [0.2, 0.25) is 0 Å². The molecule has 0 saturated heterocycles. The lowest BCUT2D eigenvalue weighted by Crippen LogP contribution is -2.43. The van der Waals surface area contributed by atoms with E-state index in [0.29, 0.717) is 12.2 Å². The SMILES string of the molecule is Nc1cc2cn[nH]c2cc1NCC1(O)CCC1. The van der Waals surface area contributed by atoms with Crippen LogP contribution in [0.25, 0.3) is 10.9 Å². The number of hydrogen-bond acceptors (Lipinski definition) is 4. The largest absolute Gasteiger partial charge is 0.397 e. The van der Waals surface area contributed by atoms with Crippen LogP contribution in [0.4, 0.5) is 11.4 Å². The van der Waals surface area contributed by atoms with Crippen molar-refractivity contribution in [2.24, 2.45) is 0 Å². The van der Waals surface area contributed by atoms with Gasteiger partial charge in [-0.15, -0.1) is 0 Å². The number of fused-ring (bicyclic) bond motifs is 1. The summed E-state index contributed by atoms with van der Waals surface area (Å²) in [5.74, 6) is 0. The standard InChI is InChI=1S/C12H16N4O/c13-9-4-8-6-15-16-10(8)5-11(9)14-7-12(17)2-1-3-12/h4-6,14,17H,1-3,7,13H2,(H,15,16). The quantitative estimate of drug-likeness (QED) is 0.603. The molecule has 5 nitrogen and oxygen atoms in total. The van der Waals surface area contributed by atoms with E-state index in [1.807, 2.05) is 12.1 Å². The van der Waals surface area contributed by atoms with E-state index >= 15 is 0 Å². The van der Waals surface area contributed by atoms with Gasteiger partial charge in [-0.2, -0.15) is 5.10 Å². The maximum Gasteiger partial charge on any atom is 0.0819 e. The Balaban J connectivity index is 1.81. The minimum Gasteiger partial charge on any atom is -0.397 e. The fourth-order valence-electron chi connectivity index (χ4n) is 2.18. The van der Waals surface area contributed by atoms with Crippen LogP contribution < -0.4 is 11.1 Å². The van der Waals surface area contributed by atoms with Gasteiger partial charge >= 0.3 is 0 Å². The van der Waals surface area contributed by atoms with Gasteiger partial charge in [-0.05, 0) is 31.4 Å². The van der Waals surface area contributed by atoms with Crippen molar-refractivity contribution in [3.8, 4) is 0 Å². The third-order valence-electron chi connectivity index (χ3n) is 3.50. The number of nitrogen functional groups attached to an aromatic ring is 1. The Labute approximate surface area is 99.0 Å². The van der Waals surface area contributed by atoms with Gasteiger partial charge in [0.25, 0.3) is 0 Å². The van der Waals surface area contributed by atoms with Crippen LogP contribution in [0.15, 0.2) is 18.3 Å². The molecule has 1 aliphatic carbocycles. The Hall–Kier alpha value is -1.75.